The lowest BCUT2D eigenvalue weighted by Crippen LogP contribution is -2.19. The maximum Gasteiger partial charge on any atom is 0.339 e. The molecule has 1 aliphatic rings. The Kier molecular flexibility index (Phi) is 7.53. The molecule has 1 heterocycles. The molecule has 0 saturated carbocycles. The van der Waals surface area contributed by atoms with Crippen LogP contribution in [-0.4, -0.2) is 26.6 Å². The zero-order valence-corrected chi connectivity index (χ0v) is 22.8. The molecular weight excluding hydrogens is 599 g/mol. The Hall–Kier alpha value is -2.83. The summed E-state index contributed by atoms with van der Waals surface area (Å²) in [5, 5.41) is 3.25. The van der Waals surface area contributed by atoms with Crippen molar-refractivity contribution in [2.24, 2.45) is 4.99 Å². The second kappa shape index (κ2) is 10.4. The summed E-state index contributed by atoms with van der Waals surface area (Å²) in [6.07, 6.45) is 1.70. The van der Waals surface area contributed by atoms with Crippen molar-refractivity contribution < 1.29 is 22.1 Å². The van der Waals surface area contributed by atoms with E-state index in [4.69, 9.17) is 8.92 Å². The molecule has 1 N–H and O–H groups in total. The number of hydrogen-bond acceptors (Lipinski definition) is 7. The van der Waals surface area contributed by atoms with E-state index in [9.17, 15) is 13.2 Å². The van der Waals surface area contributed by atoms with E-state index in [1.165, 1.54) is 31.0 Å². The number of benzene rings is 3. The van der Waals surface area contributed by atoms with Crippen LogP contribution in [0.3, 0.4) is 0 Å². The number of ether oxygens (including phenoxy) is 1. The van der Waals surface area contributed by atoms with Gasteiger partial charge in [0.15, 0.2) is 16.7 Å². The quantitative estimate of drug-likeness (QED) is 0.220. The molecule has 0 radical (unpaired) electrons. The molecule has 0 atom stereocenters. The van der Waals surface area contributed by atoms with Gasteiger partial charge >= 0.3 is 10.1 Å². The highest BCUT2D eigenvalue weighted by atomic mass is 127. The van der Waals surface area contributed by atoms with Crippen LogP contribution in [0.1, 0.15) is 16.7 Å². The van der Waals surface area contributed by atoms with Crippen molar-refractivity contribution in [2.45, 2.75) is 18.7 Å². The van der Waals surface area contributed by atoms with Gasteiger partial charge in [0.05, 0.1) is 21.3 Å². The van der Waals surface area contributed by atoms with Gasteiger partial charge in [0.2, 0.25) is 0 Å². The molecule has 1 amide bonds. The standard InChI is InChI=1S/C25H21IN2O5S2/c1-15-4-8-18(9-5-15)27-25-28-24(29)22(34-25)14-17-12-20(26)23(21(13-17)32-3)33-35(30,31)19-10-6-16(2)7-11-19/h4-14H,1-3H3,(H,27,28,29)/b22-14-. The highest BCUT2D eigenvalue weighted by molar-refractivity contribution is 14.1. The summed E-state index contributed by atoms with van der Waals surface area (Å²) >= 11 is 3.21. The number of halogens is 1. The number of aliphatic imine (C=N–C) groups is 1. The molecule has 180 valence electrons. The molecule has 10 heteroatoms. The maximum absolute atomic E-state index is 12.8. The van der Waals surface area contributed by atoms with Crippen LogP contribution in [0.2, 0.25) is 0 Å². The minimum Gasteiger partial charge on any atom is -0.493 e. The zero-order chi connectivity index (χ0) is 25.2. The minimum atomic E-state index is -4.05. The number of amides is 1. The van der Waals surface area contributed by atoms with Gasteiger partial charge < -0.3 is 14.2 Å². The third-order valence-electron chi connectivity index (χ3n) is 4.97. The lowest BCUT2D eigenvalue weighted by molar-refractivity contribution is -0.115. The van der Waals surface area contributed by atoms with Crippen LogP contribution in [0, 0.1) is 17.4 Å². The van der Waals surface area contributed by atoms with Crippen molar-refractivity contribution in [3.05, 3.63) is 85.8 Å². The summed E-state index contributed by atoms with van der Waals surface area (Å²) in [5.41, 5.74) is 3.46. The largest absolute Gasteiger partial charge is 0.493 e. The molecule has 1 fully saturated rings. The molecule has 35 heavy (non-hydrogen) atoms. The zero-order valence-electron chi connectivity index (χ0n) is 19.0. The Labute approximate surface area is 221 Å². The van der Waals surface area contributed by atoms with Gasteiger partial charge in [-0.1, -0.05) is 35.4 Å². The Morgan fingerprint density at radius 3 is 2.26 bits per heavy atom. The lowest BCUT2D eigenvalue weighted by Gasteiger charge is -2.13. The molecule has 0 bridgehead atoms. The highest BCUT2D eigenvalue weighted by Crippen LogP contribution is 2.37. The van der Waals surface area contributed by atoms with E-state index in [2.05, 4.69) is 10.3 Å². The summed E-state index contributed by atoms with van der Waals surface area (Å²) in [7, 11) is -2.63. The molecule has 0 spiro atoms. The predicted molar refractivity (Wildman–Crippen MR) is 147 cm³/mol. The van der Waals surface area contributed by atoms with Crippen molar-refractivity contribution in [3.8, 4) is 11.5 Å². The molecule has 7 nitrogen and oxygen atoms in total. The van der Waals surface area contributed by atoms with E-state index < -0.39 is 10.1 Å². The van der Waals surface area contributed by atoms with Gasteiger partial charge in [0, 0.05) is 0 Å². The van der Waals surface area contributed by atoms with Crippen molar-refractivity contribution in [1.82, 2.24) is 5.32 Å². The number of aryl methyl sites for hydroxylation is 2. The van der Waals surface area contributed by atoms with Crippen molar-refractivity contribution in [1.29, 1.82) is 0 Å². The summed E-state index contributed by atoms with van der Waals surface area (Å²) in [6.45, 7) is 3.87. The molecule has 4 rings (SSSR count). The fourth-order valence-corrected chi connectivity index (χ4v) is 5.82. The summed E-state index contributed by atoms with van der Waals surface area (Å²) in [6, 6.07) is 17.4. The molecule has 1 aliphatic heterocycles. The van der Waals surface area contributed by atoms with E-state index in [1.54, 1.807) is 30.3 Å². The SMILES string of the molecule is COc1cc(/C=C2\SC(=Nc3ccc(C)cc3)NC2=O)cc(I)c1OS(=O)(=O)c1ccc(C)cc1. The number of carbonyl (C=O) groups excluding carboxylic acids is 1. The van der Waals surface area contributed by atoms with Crippen molar-refractivity contribution >= 4 is 67.3 Å². The smallest absolute Gasteiger partial charge is 0.339 e. The third-order valence-corrected chi connectivity index (χ3v) is 7.91. The first-order valence-electron chi connectivity index (χ1n) is 10.4. The number of nitrogens with zero attached hydrogens (tertiary/aromatic N) is 1. The van der Waals surface area contributed by atoms with Gasteiger partial charge in [-0.3, -0.25) is 4.79 Å². The van der Waals surface area contributed by atoms with E-state index in [0.29, 0.717) is 19.2 Å². The molecule has 1 saturated heterocycles. The van der Waals surface area contributed by atoms with Crippen LogP contribution in [0.4, 0.5) is 5.69 Å². The van der Waals surface area contributed by atoms with Gasteiger partial charge in [-0.15, -0.1) is 0 Å². The number of carbonyl (C=O) groups is 1. The Morgan fingerprint density at radius 1 is 1.00 bits per heavy atom. The summed E-state index contributed by atoms with van der Waals surface area (Å²) in [4.78, 5) is 17.5. The Bertz CT molecular complexity index is 1450. The number of methoxy groups -OCH3 is 1. The van der Waals surface area contributed by atoms with Crippen LogP contribution >= 0.6 is 34.4 Å². The molecule has 0 aliphatic carbocycles. The number of nitrogens with one attached hydrogen (secondary N) is 1. The van der Waals surface area contributed by atoms with Crippen LogP contribution < -0.4 is 14.2 Å². The van der Waals surface area contributed by atoms with E-state index in [1.807, 2.05) is 60.7 Å². The second-order valence-electron chi connectivity index (χ2n) is 7.70. The number of rotatable bonds is 6. The minimum absolute atomic E-state index is 0.0477. The average Bonchev–Trinajstić information content (AvgIpc) is 3.15. The van der Waals surface area contributed by atoms with E-state index in [-0.39, 0.29) is 22.3 Å². The number of amidine groups is 1. The molecule has 0 unspecified atom stereocenters. The fraction of sp³-hybridized carbons (Fsp3) is 0.120. The van der Waals surface area contributed by atoms with Gasteiger partial charge in [-0.05, 0) is 96.2 Å². The van der Waals surface area contributed by atoms with Crippen LogP contribution in [0.15, 0.2) is 75.5 Å². The van der Waals surface area contributed by atoms with Crippen LogP contribution in [0.5, 0.6) is 11.5 Å². The lowest BCUT2D eigenvalue weighted by atomic mass is 10.2. The van der Waals surface area contributed by atoms with Gasteiger partial charge in [-0.2, -0.15) is 8.42 Å². The monoisotopic (exact) mass is 620 g/mol. The first kappa shape index (κ1) is 25.3. The Morgan fingerprint density at radius 2 is 1.63 bits per heavy atom. The summed E-state index contributed by atoms with van der Waals surface area (Å²) < 4.78 is 36.9. The molecular formula is C25H21IN2O5S2. The third kappa shape index (κ3) is 6.06. The van der Waals surface area contributed by atoms with E-state index >= 15 is 0 Å². The normalized spacial score (nSPS) is 15.9. The second-order valence-corrected chi connectivity index (χ2v) is 11.4. The van der Waals surface area contributed by atoms with E-state index in [0.717, 1.165) is 16.8 Å². The number of thioether (sulfide) groups is 1. The number of hydrogen-bond donors (Lipinski definition) is 1. The van der Waals surface area contributed by atoms with Crippen molar-refractivity contribution in [3.63, 3.8) is 0 Å². The summed E-state index contributed by atoms with van der Waals surface area (Å²) in [5.74, 6) is 0.0504. The average molecular weight is 620 g/mol. The molecule has 3 aromatic rings. The highest BCUT2D eigenvalue weighted by Gasteiger charge is 2.25. The van der Waals surface area contributed by atoms with Gasteiger partial charge in [0.1, 0.15) is 4.90 Å². The predicted octanol–water partition coefficient (Wildman–Crippen LogP) is 5.58. The van der Waals surface area contributed by atoms with Gasteiger partial charge in [0.25, 0.3) is 5.91 Å². The molecule has 3 aromatic carbocycles. The molecule has 0 aromatic heterocycles. The van der Waals surface area contributed by atoms with Crippen molar-refractivity contribution in [2.75, 3.05) is 7.11 Å². The fourth-order valence-electron chi connectivity index (χ4n) is 3.14. The first-order valence-corrected chi connectivity index (χ1v) is 13.7. The van der Waals surface area contributed by atoms with Crippen LogP contribution in [-0.2, 0) is 14.9 Å². The topological polar surface area (TPSA) is 94.1 Å². The maximum atomic E-state index is 12.8. The van der Waals surface area contributed by atoms with Crippen LogP contribution in [0.25, 0.3) is 6.08 Å². The Balaban J connectivity index is 1.60. The first-order chi connectivity index (χ1) is 16.6. The van der Waals surface area contributed by atoms with Gasteiger partial charge in [-0.25, -0.2) is 4.99 Å².